The molecule has 0 spiro atoms. The van der Waals surface area contributed by atoms with E-state index in [0.29, 0.717) is 6.61 Å². The van der Waals surface area contributed by atoms with Crippen molar-refractivity contribution in [2.45, 2.75) is 46.6 Å². The molecule has 0 aliphatic heterocycles. The van der Waals surface area contributed by atoms with Crippen molar-refractivity contribution >= 4 is 21.9 Å². The molecule has 1 rings (SSSR count). The molecular weight excluding hydrogens is 308 g/mol. The second kappa shape index (κ2) is 6.60. The summed E-state index contributed by atoms with van der Waals surface area (Å²) in [5.74, 6) is 0.853. The molecule has 0 amide bonds. The monoisotopic (exact) mass is 330 g/mol. The molecule has 108 valence electrons. The van der Waals surface area contributed by atoms with Crippen molar-refractivity contribution < 1.29 is 14.3 Å². The highest BCUT2D eigenvalue weighted by Crippen LogP contribution is 2.33. The molecule has 0 aromatic carbocycles. The van der Waals surface area contributed by atoms with Gasteiger partial charge in [-0.2, -0.15) is 0 Å². The van der Waals surface area contributed by atoms with Crippen LogP contribution >= 0.6 is 15.9 Å². The molecular formula is C15H23BrO3. The predicted octanol–water partition coefficient (Wildman–Crippen LogP) is 3.98. The molecule has 0 saturated heterocycles. The number of hydrogen-bond donors (Lipinski definition) is 0. The van der Waals surface area contributed by atoms with E-state index in [4.69, 9.17) is 9.47 Å². The van der Waals surface area contributed by atoms with Gasteiger partial charge in [0.1, 0.15) is 5.76 Å². The summed E-state index contributed by atoms with van der Waals surface area (Å²) in [6, 6.07) is 0. The summed E-state index contributed by atoms with van der Waals surface area (Å²) in [4.78, 5) is 11.9. The van der Waals surface area contributed by atoms with Gasteiger partial charge in [-0.3, -0.25) is 0 Å². The molecule has 1 aliphatic carbocycles. The quantitative estimate of drug-likeness (QED) is 0.565. The first-order valence-corrected chi connectivity index (χ1v) is 7.76. The van der Waals surface area contributed by atoms with E-state index >= 15 is 0 Å². The number of hydrogen-bond acceptors (Lipinski definition) is 3. The fraction of sp³-hybridized carbons (Fsp3) is 0.667. The van der Waals surface area contributed by atoms with Crippen LogP contribution < -0.4 is 0 Å². The van der Waals surface area contributed by atoms with Crippen LogP contribution in [0.15, 0.2) is 23.0 Å². The summed E-state index contributed by atoms with van der Waals surface area (Å²) in [7, 11) is 0. The van der Waals surface area contributed by atoms with E-state index < -0.39 is 5.60 Å². The Morgan fingerprint density at radius 2 is 2.16 bits per heavy atom. The zero-order chi connectivity index (χ0) is 14.6. The summed E-state index contributed by atoms with van der Waals surface area (Å²) in [6.45, 7) is 9.81. The van der Waals surface area contributed by atoms with Gasteiger partial charge in [0.15, 0.2) is 5.60 Å². The maximum absolute atomic E-state index is 11.9. The van der Waals surface area contributed by atoms with Gasteiger partial charge in [0.05, 0.1) is 6.61 Å². The molecule has 1 aliphatic rings. The molecule has 0 aromatic heterocycles. The molecule has 3 nitrogen and oxygen atoms in total. The van der Waals surface area contributed by atoms with Gasteiger partial charge in [0.25, 0.3) is 0 Å². The highest BCUT2D eigenvalue weighted by Gasteiger charge is 2.34. The summed E-state index contributed by atoms with van der Waals surface area (Å²) in [5, 5.41) is 0.878. The fourth-order valence-corrected chi connectivity index (χ4v) is 2.60. The number of carbonyl (C=O) groups is 1. The van der Waals surface area contributed by atoms with Gasteiger partial charge in [-0.05, 0) is 39.7 Å². The number of rotatable bonds is 5. The van der Waals surface area contributed by atoms with Crippen LogP contribution in [-0.4, -0.2) is 23.5 Å². The van der Waals surface area contributed by atoms with E-state index in [2.05, 4.69) is 28.9 Å². The highest BCUT2D eigenvalue weighted by molar-refractivity contribution is 9.09. The predicted molar refractivity (Wildman–Crippen MR) is 80.2 cm³/mol. The normalized spacial score (nSPS) is 20.1. The van der Waals surface area contributed by atoms with Crippen LogP contribution in [0.3, 0.4) is 0 Å². The second-order valence-electron chi connectivity index (χ2n) is 5.42. The van der Waals surface area contributed by atoms with E-state index in [-0.39, 0.29) is 11.9 Å². The van der Waals surface area contributed by atoms with Crippen LogP contribution in [0.4, 0.5) is 0 Å². The fourth-order valence-electron chi connectivity index (χ4n) is 2.21. The van der Waals surface area contributed by atoms with E-state index in [1.807, 2.05) is 6.92 Å². The summed E-state index contributed by atoms with van der Waals surface area (Å²) < 4.78 is 11.0. The van der Waals surface area contributed by atoms with Gasteiger partial charge < -0.3 is 9.47 Å². The Morgan fingerprint density at radius 3 is 2.63 bits per heavy atom. The molecule has 1 atom stereocenters. The number of halogens is 1. The van der Waals surface area contributed by atoms with Crippen LogP contribution in [0.5, 0.6) is 0 Å². The van der Waals surface area contributed by atoms with Crippen molar-refractivity contribution in [3.8, 4) is 0 Å². The Labute approximate surface area is 124 Å². The number of allylic oxidation sites excluding steroid dienone is 4. The first-order valence-electron chi connectivity index (χ1n) is 6.64. The summed E-state index contributed by atoms with van der Waals surface area (Å²) >= 11 is 3.49. The van der Waals surface area contributed by atoms with Crippen LogP contribution in [-0.2, 0) is 14.3 Å². The van der Waals surface area contributed by atoms with E-state index in [1.54, 1.807) is 20.8 Å². The van der Waals surface area contributed by atoms with Crippen LogP contribution in [0, 0.1) is 5.92 Å². The third kappa shape index (κ3) is 4.10. The summed E-state index contributed by atoms with van der Waals surface area (Å²) in [5.41, 5.74) is 1.50. The standard InChI is InChI=1S/C15H23BrO3/c1-6-18-14(17)15(4,5)19-13-10(2)7-12(9-16)8-11(13)3/h7,11H,6,8-9H2,1-5H3. The van der Waals surface area contributed by atoms with Crippen molar-refractivity contribution in [2.75, 3.05) is 11.9 Å². The maximum atomic E-state index is 11.9. The molecule has 19 heavy (non-hydrogen) atoms. The first-order chi connectivity index (χ1) is 8.81. The van der Waals surface area contributed by atoms with Gasteiger partial charge in [0, 0.05) is 11.2 Å². The molecule has 0 fully saturated rings. The lowest BCUT2D eigenvalue weighted by atomic mass is 9.90. The van der Waals surface area contributed by atoms with Gasteiger partial charge in [-0.25, -0.2) is 4.79 Å². The number of esters is 1. The Kier molecular flexibility index (Phi) is 5.65. The largest absolute Gasteiger partial charge is 0.480 e. The van der Waals surface area contributed by atoms with Gasteiger partial charge in [-0.1, -0.05) is 34.5 Å². The zero-order valence-electron chi connectivity index (χ0n) is 12.4. The molecule has 0 aromatic rings. The minimum atomic E-state index is -0.944. The van der Waals surface area contributed by atoms with E-state index in [9.17, 15) is 4.79 Å². The van der Waals surface area contributed by atoms with Crippen molar-refractivity contribution in [2.24, 2.45) is 5.92 Å². The molecule has 0 bridgehead atoms. The zero-order valence-corrected chi connectivity index (χ0v) is 14.0. The third-order valence-corrected chi connectivity index (χ3v) is 3.85. The SMILES string of the molecule is CCOC(=O)C(C)(C)OC1=C(C)C=C(CBr)CC1C. The molecule has 0 saturated carbocycles. The Balaban J connectivity index is 2.91. The van der Waals surface area contributed by atoms with Crippen molar-refractivity contribution in [1.82, 2.24) is 0 Å². The maximum Gasteiger partial charge on any atom is 0.349 e. The molecule has 0 heterocycles. The first kappa shape index (κ1) is 16.3. The van der Waals surface area contributed by atoms with E-state index in [1.165, 1.54) is 5.57 Å². The number of alkyl halides is 1. The number of ether oxygens (including phenoxy) is 2. The van der Waals surface area contributed by atoms with E-state index in [0.717, 1.165) is 23.1 Å². The minimum absolute atomic E-state index is 0.284. The van der Waals surface area contributed by atoms with Gasteiger partial charge in [0.2, 0.25) is 0 Å². The highest BCUT2D eigenvalue weighted by atomic mass is 79.9. The molecule has 0 radical (unpaired) electrons. The minimum Gasteiger partial charge on any atom is -0.480 e. The lowest BCUT2D eigenvalue weighted by Gasteiger charge is -2.31. The van der Waals surface area contributed by atoms with Crippen LogP contribution in [0.25, 0.3) is 0 Å². The second-order valence-corrected chi connectivity index (χ2v) is 5.98. The molecule has 1 unspecified atom stereocenters. The molecule has 0 N–H and O–H groups in total. The summed E-state index contributed by atoms with van der Waals surface area (Å²) in [6.07, 6.45) is 3.09. The van der Waals surface area contributed by atoms with Gasteiger partial charge >= 0.3 is 5.97 Å². The number of carbonyl (C=O) groups excluding carboxylic acids is 1. The van der Waals surface area contributed by atoms with Crippen molar-refractivity contribution in [1.29, 1.82) is 0 Å². The van der Waals surface area contributed by atoms with Crippen molar-refractivity contribution in [3.05, 3.63) is 23.0 Å². The van der Waals surface area contributed by atoms with Gasteiger partial charge in [-0.15, -0.1) is 0 Å². The Morgan fingerprint density at radius 1 is 1.53 bits per heavy atom. The smallest absolute Gasteiger partial charge is 0.349 e. The lowest BCUT2D eigenvalue weighted by Crippen LogP contribution is -2.37. The van der Waals surface area contributed by atoms with Crippen LogP contribution in [0.1, 0.15) is 41.0 Å². The van der Waals surface area contributed by atoms with Crippen molar-refractivity contribution in [3.63, 3.8) is 0 Å². The Hall–Kier alpha value is -0.770. The molecule has 4 heteroatoms. The average Bonchev–Trinajstić information content (AvgIpc) is 2.33. The third-order valence-electron chi connectivity index (χ3n) is 3.13. The topological polar surface area (TPSA) is 35.5 Å². The lowest BCUT2D eigenvalue weighted by molar-refractivity contribution is -0.164. The van der Waals surface area contributed by atoms with Crippen LogP contribution in [0.2, 0.25) is 0 Å². The average molecular weight is 331 g/mol. The Bertz CT molecular complexity index is 408.